The molecule has 0 spiro atoms. The molecule has 204 valence electrons. The predicted octanol–water partition coefficient (Wildman–Crippen LogP) is 12.6. The first kappa shape index (κ1) is 24.0. The SMILES string of the molecule is Cc1ccccc1-c1c2cc3c4ccccc4c4cccc(c2c(-c2ccccc2C)c2c5cccc6cccc(c12)c65)c43. The first-order valence-electron chi connectivity index (χ1n) is 15.5. The third-order valence-electron chi connectivity index (χ3n) is 10.2. The lowest BCUT2D eigenvalue weighted by Gasteiger charge is -2.20. The van der Waals surface area contributed by atoms with Gasteiger partial charge in [-0.15, -0.1) is 0 Å². The molecule has 0 fully saturated rings. The minimum Gasteiger partial charge on any atom is -0.0620 e. The van der Waals surface area contributed by atoms with Gasteiger partial charge in [0, 0.05) is 0 Å². The Hall–Kier alpha value is -5.46. The van der Waals surface area contributed by atoms with Crippen LogP contribution in [0.25, 0.3) is 97.7 Å². The summed E-state index contributed by atoms with van der Waals surface area (Å²) in [7, 11) is 0. The minimum atomic E-state index is 1.30. The average Bonchev–Trinajstić information content (AvgIpc) is 3.56. The molecule has 0 unspecified atom stereocenters. The van der Waals surface area contributed by atoms with Crippen molar-refractivity contribution in [2.75, 3.05) is 0 Å². The lowest BCUT2D eigenvalue weighted by molar-refractivity contribution is 1.47. The highest BCUT2D eigenvalue weighted by atomic mass is 14.3. The van der Waals surface area contributed by atoms with Crippen LogP contribution in [0.2, 0.25) is 0 Å². The van der Waals surface area contributed by atoms with Crippen LogP contribution in [0.4, 0.5) is 0 Å². The van der Waals surface area contributed by atoms with Crippen molar-refractivity contribution in [1.29, 1.82) is 0 Å². The van der Waals surface area contributed by atoms with Crippen molar-refractivity contribution in [3.05, 3.63) is 145 Å². The lowest BCUT2D eigenvalue weighted by atomic mass is 9.82. The zero-order valence-electron chi connectivity index (χ0n) is 24.7. The van der Waals surface area contributed by atoms with E-state index in [-0.39, 0.29) is 0 Å². The van der Waals surface area contributed by atoms with E-state index in [0.29, 0.717) is 0 Å². The number of aryl methyl sites for hydroxylation is 2. The number of hydrogen-bond donors (Lipinski definition) is 0. The summed E-state index contributed by atoms with van der Waals surface area (Å²) in [6.07, 6.45) is 0. The highest BCUT2D eigenvalue weighted by Crippen LogP contribution is 2.55. The Balaban J connectivity index is 1.63. The quantitative estimate of drug-likeness (QED) is 0.186. The second-order valence-electron chi connectivity index (χ2n) is 12.5. The van der Waals surface area contributed by atoms with Crippen molar-refractivity contribution >= 4 is 75.4 Å². The summed E-state index contributed by atoms with van der Waals surface area (Å²) >= 11 is 0. The summed E-state index contributed by atoms with van der Waals surface area (Å²) in [6, 6.07) is 50.0. The first-order valence-corrected chi connectivity index (χ1v) is 15.5. The van der Waals surface area contributed by atoms with Crippen LogP contribution in [0.5, 0.6) is 0 Å². The molecule has 44 heavy (non-hydrogen) atoms. The molecule has 0 nitrogen and oxygen atoms in total. The monoisotopic (exact) mass is 556 g/mol. The summed E-state index contributed by atoms with van der Waals surface area (Å²) < 4.78 is 0. The number of fused-ring (bicyclic) bond motifs is 8. The topological polar surface area (TPSA) is 0 Å². The van der Waals surface area contributed by atoms with Gasteiger partial charge in [-0.25, -0.2) is 0 Å². The molecule has 0 saturated carbocycles. The number of rotatable bonds is 2. The highest BCUT2D eigenvalue weighted by Gasteiger charge is 2.26. The van der Waals surface area contributed by atoms with Crippen LogP contribution in [0.3, 0.4) is 0 Å². The van der Waals surface area contributed by atoms with Gasteiger partial charge >= 0.3 is 0 Å². The van der Waals surface area contributed by atoms with E-state index in [9.17, 15) is 0 Å². The van der Waals surface area contributed by atoms with Crippen molar-refractivity contribution in [3.8, 4) is 22.3 Å². The maximum absolute atomic E-state index is 2.53. The molecule has 10 rings (SSSR count). The standard InChI is InChI=1S/C44H28/c1-25-12-3-5-16-28(25)40-37-24-36-31-19-8-7-18-30(31)32-20-11-23-35(39(32)36)41(37)42(29-17-6-4-13-26(29)2)44-34-22-10-15-27-14-9-21-33(38(27)34)43(40)44/h3-24H,1-2H3. The zero-order chi connectivity index (χ0) is 29.1. The lowest BCUT2D eigenvalue weighted by Crippen LogP contribution is -1.93. The fraction of sp³-hybridized carbons (Fsp3) is 0.0455. The molecule has 0 aliphatic carbocycles. The molecular formula is C44H28. The van der Waals surface area contributed by atoms with Gasteiger partial charge in [0.15, 0.2) is 0 Å². The molecule has 0 aromatic heterocycles. The predicted molar refractivity (Wildman–Crippen MR) is 192 cm³/mol. The van der Waals surface area contributed by atoms with Crippen LogP contribution >= 0.6 is 0 Å². The Bertz CT molecular complexity index is 2770. The van der Waals surface area contributed by atoms with Crippen LogP contribution in [0.1, 0.15) is 11.1 Å². The van der Waals surface area contributed by atoms with Crippen molar-refractivity contribution in [2.24, 2.45) is 0 Å². The molecular weight excluding hydrogens is 528 g/mol. The van der Waals surface area contributed by atoms with E-state index in [4.69, 9.17) is 0 Å². The van der Waals surface area contributed by atoms with Gasteiger partial charge < -0.3 is 0 Å². The summed E-state index contributed by atoms with van der Waals surface area (Å²) in [6.45, 7) is 4.53. The van der Waals surface area contributed by atoms with E-state index in [2.05, 4.69) is 147 Å². The molecule has 10 aromatic carbocycles. The van der Waals surface area contributed by atoms with E-state index < -0.39 is 0 Å². The Morgan fingerprint density at radius 3 is 1.43 bits per heavy atom. The smallest absolute Gasteiger partial charge is 0.000709 e. The van der Waals surface area contributed by atoms with E-state index in [1.807, 2.05) is 0 Å². The molecule has 0 aliphatic rings. The van der Waals surface area contributed by atoms with Crippen molar-refractivity contribution in [1.82, 2.24) is 0 Å². The van der Waals surface area contributed by atoms with Gasteiger partial charge in [-0.3, -0.25) is 0 Å². The normalized spacial score (nSPS) is 12.3. The van der Waals surface area contributed by atoms with Gasteiger partial charge in [0.05, 0.1) is 0 Å². The summed E-state index contributed by atoms with van der Waals surface area (Å²) in [4.78, 5) is 0. The molecule has 0 radical (unpaired) electrons. The second-order valence-corrected chi connectivity index (χ2v) is 12.5. The molecule has 0 atom stereocenters. The molecule has 0 saturated heterocycles. The molecule has 0 amide bonds. The van der Waals surface area contributed by atoms with Crippen LogP contribution in [-0.2, 0) is 0 Å². The summed E-state index contributed by atoms with van der Waals surface area (Å²) in [5, 5.41) is 18.8. The van der Waals surface area contributed by atoms with Crippen LogP contribution in [0.15, 0.2) is 133 Å². The number of benzene rings is 8. The van der Waals surface area contributed by atoms with Crippen molar-refractivity contribution in [3.63, 3.8) is 0 Å². The summed E-state index contributed by atoms with van der Waals surface area (Å²) in [5.41, 5.74) is 7.92. The van der Waals surface area contributed by atoms with E-state index in [0.717, 1.165) is 0 Å². The largest absolute Gasteiger partial charge is 0.0620 e. The average molecular weight is 557 g/mol. The Morgan fingerprint density at radius 1 is 0.295 bits per heavy atom. The molecule has 0 heterocycles. The third kappa shape index (κ3) is 2.93. The van der Waals surface area contributed by atoms with Crippen molar-refractivity contribution < 1.29 is 0 Å². The van der Waals surface area contributed by atoms with Gasteiger partial charge in [-0.1, -0.05) is 127 Å². The fourth-order valence-corrected chi connectivity index (χ4v) is 8.40. The van der Waals surface area contributed by atoms with Gasteiger partial charge in [0.25, 0.3) is 0 Å². The van der Waals surface area contributed by atoms with Gasteiger partial charge in [0.1, 0.15) is 0 Å². The Labute approximate surface area is 255 Å². The number of hydrogen-bond acceptors (Lipinski definition) is 0. The zero-order valence-corrected chi connectivity index (χ0v) is 24.7. The van der Waals surface area contributed by atoms with E-state index >= 15 is 0 Å². The maximum Gasteiger partial charge on any atom is -0.000709 e. The molecule has 0 aliphatic heterocycles. The maximum atomic E-state index is 2.53. The van der Waals surface area contributed by atoms with E-state index in [1.165, 1.54) is 109 Å². The third-order valence-corrected chi connectivity index (χ3v) is 10.2. The van der Waals surface area contributed by atoms with Gasteiger partial charge in [-0.05, 0) is 129 Å². The Morgan fingerprint density at radius 2 is 0.773 bits per heavy atom. The Kier molecular flexibility index (Phi) is 4.67. The van der Waals surface area contributed by atoms with Crippen molar-refractivity contribution in [2.45, 2.75) is 13.8 Å². The van der Waals surface area contributed by atoms with Crippen LogP contribution < -0.4 is 0 Å². The van der Waals surface area contributed by atoms with Gasteiger partial charge in [0.2, 0.25) is 0 Å². The molecule has 10 aromatic rings. The molecule has 0 heteroatoms. The molecule has 0 bridgehead atoms. The van der Waals surface area contributed by atoms with Crippen LogP contribution in [0, 0.1) is 13.8 Å². The minimum absolute atomic E-state index is 1.30. The molecule has 0 N–H and O–H groups in total. The first-order chi connectivity index (χ1) is 21.7. The highest BCUT2D eigenvalue weighted by molar-refractivity contribution is 6.44. The fourth-order valence-electron chi connectivity index (χ4n) is 8.40. The van der Waals surface area contributed by atoms with Gasteiger partial charge in [-0.2, -0.15) is 0 Å². The van der Waals surface area contributed by atoms with E-state index in [1.54, 1.807) is 0 Å². The van der Waals surface area contributed by atoms with Crippen LogP contribution in [-0.4, -0.2) is 0 Å². The second kappa shape index (κ2) is 8.56. The summed E-state index contributed by atoms with van der Waals surface area (Å²) in [5.74, 6) is 0.